The molecule has 0 bridgehead atoms. The monoisotopic (exact) mass is 447 g/mol. The number of nitrogens with zero attached hydrogens (tertiary/aromatic N) is 2. The predicted molar refractivity (Wildman–Crippen MR) is 131 cm³/mol. The van der Waals surface area contributed by atoms with Crippen molar-refractivity contribution in [3.63, 3.8) is 0 Å². The SMILES string of the molecule is CCNC(=O)CN1CCC(c2[nH]nc3cc(-c4cc(C(=O)NCC)ccc4C)ccc23)CC1. The van der Waals surface area contributed by atoms with Crippen LogP contribution >= 0.6 is 0 Å². The van der Waals surface area contributed by atoms with Gasteiger partial charge in [0, 0.05) is 35.7 Å². The van der Waals surface area contributed by atoms with Crippen LogP contribution in [0.1, 0.15) is 54.2 Å². The Kier molecular flexibility index (Phi) is 7.08. The summed E-state index contributed by atoms with van der Waals surface area (Å²) >= 11 is 0. The molecule has 0 spiro atoms. The van der Waals surface area contributed by atoms with E-state index < -0.39 is 0 Å². The molecule has 1 fully saturated rings. The van der Waals surface area contributed by atoms with Crippen molar-refractivity contribution in [1.82, 2.24) is 25.7 Å². The van der Waals surface area contributed by atoms with Gasteiger partial charge in [-0.1, -0.05) is 18.2 Å². The van der Waals surface area contributed by atoms with Crippen LogP contribution < -0.4 is 10.6 Å². The van der Waals surface area contributed by atoms with E-state index in [1.54, 1.807) is 0 Å². The highest BCUT2D eigenvalue weighted by molar-refractivity contribution is 5.96. The van der Waals surface area contributed by atoms with Crippen molar-refractivity contribution < 1.29 is 9.59 Å². The van der Waals surface area contributed by atoms with Gasteiger partial charge in [0.2, 0.25) is 5.91 Å². The average Bonchev–Trinajstić information content (AvgIpc) is 3.23. The Hall–Kier alpha value is -3.19. The van der Waals surface area contributed by atoms with Crippen LogP contribution in [-0.4, -0.2) is 59.6 Å². The largest absolute Gasteiger partial charge is 0.355 e. The Morgan fingerprint density at radius 2 is 1.82 bits per heavy atom. The third kappa shape index (κ3) is 5.09. The fourth-order valence-corrected chi connectivity index (χ4v) is 4.68. The molecule has 3 aromatic rings. The van der Waals surface area contributed by atoms with Crippen LogP contribution in [0.2, 0.25) is 0 Å². The molecule has 2 aromatic carbocycles. The number of hydrogen-bond acceptors (Lipinski definition) is 4. The van der Waals surface area contributed by atoms with Gasteiger partial charge in [-0.3, -0.25) is 19.6 Å². The minimum absolute atomic E-state index is 0.0552. The van der Waals surface area contributed by atoms with Crippen LogP contribution in [0, 0.1) is 6.92 Å². The molecule has 0 radical (unpaired) electrons. The molecular formula is C26H33N5O2. The van der Waals surface area contributed by atoms with Crippen LogP contribution in [0.15, 0.2) is 36.4 Å². The summed E-state index contributed by atoms with van der Waals surface area (Å²) in [6.45, 7) is 9.50. The number of aromatic nitrogens is 2. The zero-order valence-corrected chi connectivity index (χ0v) is 19.7. The Morgan fingerprint density at radius 1 is 1.06 bits per heavy atom. The van der Waals surface area contributed by atoms with Crippen LogP contribution in [-0.2, 0) is 4.79 Å². The molecule has 0 aliphatic carbocycles. The summed E-state index contributed by atoms with van der Waals surface area (Å²) in [5.41, 5.74) is 6.01. The quantitative estimate of drug-likeness (QED) is 0.516. The Balaban J connectivity index is 1.51. The van der Waals surface area contributed by atoms with Gasteiger partial charge in [0.15, 0.2) is 0 Å². The van der Waals surface area contributed by atoms with E-state index in [9.17, 15) is 9.59 Å². The molecule has 174 valence electrons. The van der Waals surface area contributed by atoms with Crippen LogP contribution in [0.4, 0.5) is 0 Å². The van der Waals surface area contributed by atoms with Crippen LogP contribution in [0.3, 0.4) is 0 Å². The number of hydrogen-bond donors (Lipinski definition) is 3. The van der Waals surface area contributed by atoms with Crippen molar-refractivity contribution >= 4 is 22.7 Å². The molecule has 1 saturated heterocycles. The number of carbonyl (C=O) groups is 2. The van der Waals surface area contributed by atoms with Crippen molar-refractivity contribution in [2.75, 3.05) is 32.7 Å². The lowest BCUT2D eigenvalue weighted by molar-refractivity contribution is -0.122. The van der Waals surface area contributed by atoms with Crippen molar-refractivity contribution in [3.05, 3.63) is 53.2 Å². The molecule has 1 aromatic heterocycles. The maximum absolute atomic E-state index is 12.3. The van der Waals surface area contributed by atoms with Crippen molar-refractivity contribution in [1.29, 1.82) is 0 Å². The van der Waals surface area contributed by atoms with Gasteiger partial charge in [0.1, 0.15) is 0 Å². The van der Waals surface area contributed by atoms with Gasteiger partial charge >= 0.3 is 0 Å². The number of carbonyl (C=O) groups excluding carboxylic acids is 2. The summed E-state index contributed by atoms with van der Waals surface area (Å²) in [6, 6.07) is 12.2. The highest BCUT2D eigenvalue weighted by atomic mass is 16.2. The van der Waals surface area contributed by atoms with Gasteiger partial charge in [0.05, 0.1) is 12.1 Å². The molecule has 1 aliphatic heterocycles. The maximum atomic E-state index is 12.3. The van der Waals surface area contributed by atoms with Gasteiger partial charge in [-0.2, -0.15) is 5.10 Å². The second-order valence-corrected chi connectivity index (χ2v) is 8.76. The van der Waals surface area contributed by atoms with Gasteiger partial charge in [-0.05, 0) is 81.6 Å². The van der Waals surface area contributed by atoms with E-state index in [0.717, 1.165) is 53.5 Å². The number of aryl methyl sites for hydroxylation is 1. The topological polar surface area (TPSA) is 90.1 Å². The number of rotatable bonds is 7. The molecule has 7 nitrogen and oxygen atoms in total. The van der Waals surface area contributed by atoms with E-state index in [1.165, 1.54) is 5.69 Å². The fraction of sp³-hybridized carbons (Fsp3) is 0.423. The van der Waals surface area contributed by atoms with E-state index >= 15 is 0 Å². The Labute approximate surface area is 194 Å². The summed E-state index contributed by atoms with van der Waals surface area (Å²) in [5, 5.41) is 14.8. The second kappa shape index (κ2) is 10.2. The first-order chi connectivity index (χ1) is 16.0. The van der Waals surface area contributed by atoms with Crippen molar-refractivity contribution in [3.8, 4) is 11.1 Å². The lowest BCUT2D eigenvalue weighted by atomic mass is 9.90. The van der Waals surface area contributed by atoms with Gasteiger partial charge in [-0.25, -0.2) is 0 Å². The zero-order chi connectivity index (χ0) is 23.4. The number of fused-ring (bicyclic) bond motifs is 1. The average molecular weight is 448 g/mol. The van der Waals surface area contributed by atoms with Gasteiger partial charge in [0.25, 0.3) is 5.91 Å². The van der Waals surface area contributed by atoms with Crippen LogP contribution in [0.5, 0.6) is 0 Å². The van der Waals surface area contributed by atoms with E-state index in [-0.39, 0.29) is 11.8 Å². The van der Waals surface area contributed by atoms with Gasteiger partial charge in [-0.15, -0.1) is 0 Å². The summed E-state index contributed by atoms with van der Waals surface area (Å²) in [6.07, 6.45) is 2.01. The number of H-pyrrole nitrogens is 1. The molecule has 2 amide bonds. The summed E-state index contributed by atoms with van der Waals surface area (Å²) in [7, 11) is 0. The predicted octanol–water partition coefficient (Wildman–Crippen LogP) is 3.60. The number of likely N-dealkylation sites (tertiary alicyclic amines) is 1. The smallest absolute Gasteiger partial charge is 0.251 e. The molecule has 0 atom stereocenters. The summed E-state index contributed by atoms with van der Waals surface area (Å²) in [4.78, 5) is 26.4. The third-order valence-electron chi connectivity index (χ3n) is 6.47. The molecule has 0 saturated carbocycles. The molecular weight excluding hydrogens is 414 g/mol. The molecule has 1 aliphatic rings. The standard InChI is InChI=1S/C26H33N5O2/c1-4-27-24(32)16-31-12-10-18(11-13-31)25-21-9-8-19(15-23(21)29-30-25)22-14-20(7-6-17(22)3)26(33)28-5-2/h6-9,14-15,18H,4-5,10-13,16H2,1-3H3,(H,27,32)(H,28,33)(H,29,30). The molecule has 0 unspecified atom stereocenters. The van der Waals surface area contributed by atoms with Crippen molar-refractivity contribution in [2.45, 2.75) is 39.5 Å². The second-order valence-electron chi connectivity index (χ2n) is 8.76. The number of likely N-dealkylation sites (N-methyl/N-ethyl adjacent to an activating group) is 1. The zero-order valence-electron chi connectivity index (χ0n) is 19.7. The number of amides is 2. The minimum atomic E-state index is -0.0552. The highest BCUT2D eigenvalue weighted by Gasteiger charge is 2.24. The summed E-state index contributed by atoms with van der Waals surface area (Å²) < 4.78 is 0. The van der Waals surface area contributed by atoms with Gasteiger partial charge < -0.3 is 10.6 Å². The van der Waals surface area contributed by atoms with Crippen LogP contribution in [0.25, 0.3) is 22.0 Å². The Bertz CT molecular complexity index is 1140. The first-order valence-corrected chi connectivity index (χ1v) is 11.9. The van der Waals surface area contributed by atoms with E-state index in [4.69, 9.17) is 0 Å². The minimum Gasteiger partial charge on any atom is -0.355 e. The normalized spacial score (nSPS) is 15.0. The summed E-state index contributed by atoms with van der Waals surface area (Å²) in [5.74, 6) is 0.455. The molecule has 2 heterocycles. The highest BCUT2D eigenvalue weighted by Crippen LogP contribution is 2.34. The van der Waals surface area contributed by atoms with E-state index in [2.05, 4.69) is 50.9 Å². The fourth-order valence-electron chi connectivity index (χ4n) is 4.68. The number of nitrogens with one attached hydrogen (secondary N) is 3. The molecule has 7 heteroatoms. The number of piperidine rings is 1. The maximum Gasteiger partial charge on any atom is 0.251 e. The molecule has 33 heavy (non-hydrogen) atoms. The number of benzene rings is 2. The first kappa shape index (κ1) is 23.0. The van der Waals surface area contributed by atoms with E-state index in [0.29, 0.717) is 31.1 Å². The molecule has 4 rings (SSSR count). The Morgan fingerprint density at radius 3 is 2.55 bits per heavy atom. The first-order valence-electron chi connectivity index (χ1n) is 11.9. The number of aromatic amines is 1. The lowest BCUT2D eigenvalue weighted by Gasteiger charge is -2.31. The van der Waals surface area contributed by atoms with Crippen molar-refractivity contribution in [2.24, 2.45) is 0 Å². The molecule has 3 N–H and O–H groups in total. The third-order valence-corrected chi connectivity index (χ3v) is 6.47. The van der Waals surface area contributed by atoms with E-state index in [1.807, 2.05) is 32.0 Å². The lowest BCUT2D eigenvalue weighted by Crippen LogP contribution is -2.41.